The van der Waals surface area contributed by atoms with Gasteiger partial charge in [-0.05, 0) is 19.1 Å². The number of halogens is 1. The van der Waals surface area contributed by atoms with Crippen LogP contribution in [0, 0.1) is 12.7 Å². The first-order chi connectivity index (χ1) is 8.25. The Hall–Kier alpha value is -2.23. The lowest BCUT2D eigenvalue weighted by Gasteiger charge is -2.05. The number of nitrogens with zero attached hydrogens (tertiary/aromatic N) is 3. The van der Waals surface area contributed by atoms with Gasteiger partial charge in [0.05, 0.1) is 11.7 Å². The van der Waals surface area contributed by atoms with Crippen molar-refractivity contribution in [1.29, 1.82) is 0 Å². The fourth-order valence-electron chi connectivity index (χ4n) is 1.79. The highest BCUT2D eigenvalue weighted by Crippen LogP contribution is 2.19. The van der Waals surface area contributed by atoms with Crippen LogP contribution in [0.1, 0.15) is 5.56 Å². The molecule has 0 aromatic carbocycles. The summed E-state index contributed by atoms with van der Waals surface area (Å²) in [5.41, 5.74) is 1.46. The molecule has 0 N–H and O–H groups in total. The molecule has 0 saturated heterocycles. The average Bonchev–Trinajstić information content (AvgIpc) is 2.76. The molecule has 0 saturated carbocycles. The van der Waals surface area contributed by atoms with Gasteiger partial charge in [0.15, 0.2) is 0 Å². The third-order valence-corrected chi connectivity index (χ3v) is 2.77. The van der Waals surface area contributed by atoms with E-state index < -0.39 is 0 Å². The molecule has 0 aliphatic heterocycles. The number of aryl methyl sites for hydroxylation is 1. The van der Waals surface area contributed by atoms with Crippen molar-refractivity contribution in [2.75, 3.05) is 0 Å². The number of rotatable bonds is 1. The molecule has 0 aliphatic rings. The molecule has 0 fully saturated rings. The largest absolute Gasteiger partial charge is 0.300 e. The highest BCUT2D eigenvalue weighted by Gasteiger charge is 2.06. The van der Waals surface area contributed by atoms with Crippen molar-refractivity contribution in [1.82, 2.24) is 14.5 Å². The van der Waals surface area contributed by atoms with E-state index in [4.69, 9.17) is 0 Å². The standard InChI is InChI=1S/C13H10FN3/c1-9-7-16-13(6-11(9)14)17-5-3-10-2-4-15-8-12(10)17/h2-8H,1H3. The van der Waals surface area contributed by atoms with Crippen LogP contribution in [0.2, 0.25) is 0 Å². The number of pyridine rings is 2. The first kappa shape index (κ1) is 9.96. The van der Waals surface area contributed by atoms with Crippen LogP contribution in [0.4, 0.5) is 4.39 Å². The molecule has 4 heteroatoms. The van der Waals surface area contributed by atoms with E-state index in [-0.39, 0.29) is 5.82 Å². The van der Waals surface area contributed by atoms with Crippen LogP contribution in [0.3, 0.4) is 0 Å². The highest BCUT2D eigenvalue weighted by molar-refractivity contribution is 5.80. The summed E-state index contributed by atoms with van der Waals surface area (Å²) in [7, 11) is 0. The second-order valence-electron chi connectivity index (χ2n) is 3.91. The van der Waals surface area contributed by atoms with Crippen LogP contribution in [-0.4, -0.2) is 14.5 Å². The molecule has 3 rings (SSSR count). The average molecular weight is 227 g/mol. The smallest absolute Gasteiger partial charge is 0.140 e. The van der Waals surface area contributed by atoms with Crippen molar-refractivity contribution >= 4 is 10.9 Å². The predicted molar refractivity (Wildman–Crippen MR) is 63.6 cm³/mol. The van der Waals surface area contributed by atoms with Crippen molar-refractivity contribution in [3.05, 3.63) is 54.4 Å². The number of hydrogen-bond donors (Lipinski definition) is 0. The van der Waals surface area contributed by atoms with E-state index in [2.05, 4.69) is 9.97 Å². The minimum Gasteiger partial charge on any atom is -0.300 e. The molecule has 0 amide bonds. The molecular weight excluding hydrogens is 217 g/mol. The number of fused-ring (bicyclic) bond motifs is 1. The first-order valence-electron chi connectivity index (χ1n) is 5.29. The van der Waals surface area contributed by atoms with Crippen LogP contribution in [0.25, 0.3) is 16.7 Å². The Morgan fingerprint density at radius 1 is 1.24 bits per heavy atom. The summed E-state index contributed by atoms with van der Waals surface area (Å²) in [6.45, 7) is 1.70. The topological polar surface area (TPSA) is 30.7 Å². The monoisotopic (exact) mass is 227 g/mol. The fourth-order valence-corrected chi connectivity index (χ4v) is 1.79. The summed E-state index contributed by atoms with van der Waals surface area (Å²) < 4.78 is 15.3. The Labute approximate surface area is 97.6 Å². The van der Waals surface area contributed by atoms with Crippen LogP contribution in [0.5, 0.6) is 0 Å². The quantitative estimate of drug-likeness (QED) is 0.640. The Morgan fingerprint density at radius 3 is 2.94 bits per heavy atom. The molecule has 0 atom stereocenters. The molecule has 0 spiro atoms. The summed E-state index contributed by atoms with van der Waals surface area (Å²) >= 11 is 0. The van der Waals surface area contributed by atoms with Crippen molar-refractivity contribution in [3.63, 3.8) is 0 Å². The normalized spacial score (nSPS) is 10.9. The lowest BCUT2D eigenvalue weighted by atomic mass is 10.3. The van der Waals surface area contributed by atoms with Gasteiger partial charge in [-0.15, -0.1) is 0 Å². The Kier molecular flexibility index (Phi) is 2.14. The van der Waals surface area contributed by atoms with Gasteiger partial charge in [-0.3, -0.25) is 9.55 Å². The van der Waals surface area contributed by atoms with E-state index in [0.717, 1.165) is 10.9 Å². The molecule has 0 radical (unpaired) electrons. The van der Waals surface area contributed by atoms with Crippen LogP contribution in [-0.2, 0) is 0 Å². The van der Waals surface area contributed by atoms with E-state index in [9.17, 15) is 4.39 Å². The maximum Gasteiger partial charge on any atom is 0.140 e. The lowest BCUT2D eigenvalue weighted by molar-refractivity contribution is 0.614. The minimum atomic E-state index is -0.249. The Morgan fingerprint density at radius 2 is 2.12 bits per heavy atom. The molecule has 0 aliphatic carbocycles. The van der Waals surface area contributed by atoms with Crippen molar-refractivity contribution in [2.24, 2.45) is 0 Å². The van der Waals surface area contributed by atoms with E-state index in [0.29, 0.717) is 11.4 Å². The van der Waals surface area contributed by atoms with Crippen LogP contribution < -0.4 is 0 Å². The van der Waals surface area contributed by atoms with Gasteiger partial charge in [-0.1, -0.05) is 0 Å². The molecule has 17 heavy (non-hydrogen) atoms. The maximum absolute atomic E-state index is 13.5. The zero-order valence-corrected chi connectivity index (χ0v) is 9.26. The second-order valence-corrected chi connectivity index (χ2v) is 3.91. The SMILES string of the molecule is Cc1cnc(-n2ccc3ccncc32)cc1F. The molecule has 84 valence electrons. The summed E-state index contributed by atoms with van der Waals surface area (Å²) in [6.07, 6.45) is 6.88. The van der Waals surface area contributed by atoms with Crippen molar-refractivity contribution in [3.8, 4) is 5.82 Å². The van der Waals surface area contributed by atoms with Gasteiger partial charge in [-0.2, -0.15) is 0 Å². The highest BCUT2D eigenvalue weighted by atomic mass is 19.1. The van der Waals surface area contributed by atoms with E-state index in [1.807, 2.05) is 22.9 Å². The second kappa shape index (κ2) is 3.66. The summed E-state index contributed by atoms with van der Waals surface area (Å²) in [5.74, 6) is 0.317. The molecule has 3 nitrogen and oxygen atoms in total. The molecule has 3 aromatic heterocycles. The van der Waals surface area contributed by atoms with Gasteiger partial charge in [0.1, 0.15) is 11.6 Å². The van der Waals surface area contributed by atoms with Crippen molar-refractivity contribution in [2.45, 2.75) is 6.92 Å². The van der Waals surface area contributed by atoms with E-state index in [1.54, 1.807) is 19.3 Å². The zero-order valence-electron chi connectivity index (χ0n) is 9.26. The van der Waals surface area contributed by atoms with Gasteiger partial charge in [0.2, 0.25) is 0 Å². The molecule has 3 aromatic rings. The van der Waals surface area contributed by atoms with E-state index in [1.165, 1.54) is 12.3 Å². The molecule has 3 heterocycles. The Balaban J connectivity index is 2.24. The molecule has 0 unspecified atom stereocenters. The fraction of sp³-hybridized carbons (Fsp3) is 0.0769. The lowest BCUT2D eigenvalue weighted by Crippen LogP contribution is -1.98. The summed E-state index contributed by atoms with van der Waals surface area (Å²) in [4.78, 5) is 8.30. The maximum atomic E-state index is 13.5. The van der Waals surface area contributed by atoms with Crippen LogP contribution in [0.15, 0.2) is 43.0 Å². The van der Waals surface area contributed by atoms with Gasteiger partial charge >= 0.3 is 0 Å². The number of aromatic nitrogens is 3. The third kappa shape index (κ3) is 1.58. The van der Waals surface area contributed by atoms with Crippen LogP contribution >= 0.6 is 0 Å². The first-order valence-corrected chi connectivity index (χ1v) is 5.29. The number of hydrogen-bond acceptors (Lipinski definition) is 2. The van der Waals surface area contributed by atoms with E-state index >= 15 is 0 Å². The predicted octanol–water partition coefficient (Wildman–Crippen LogP) is 2.87. The van der Waals surface area contributed by atoms with Gasteiger partial charge in [0, 0.05) is 35.6 Å². The van der Waals surface area contributed by atoms with Crippen molar-refractivity contribution < 1.29 is 4.39 Å². The van der Waals surface area contributed by atoms with Gasteiger partial charge in [0.25, 0.3) is 0 Å². The molecule has 0 bridgehead atoms. The van der Waals surface area contributed by atoms with Gasteiger partial charge < -0.3 is 0 Å². The minimum absolute atomic E-state index is 0.249. The molecular formula is C13H10FN3. The zero-order chi connectivity index (χ0) is 11.8. The summed E-state index contributed by atoms with van der Waals surface area (Å²) in [6, 6.07) is 5.30. The summed E-state index contributed by atoms with van der Waals surface area (Å²) in [5, 5.41) is 1.06. The van der Waals surface area contributed by atoms with Gasteiger partial charge in [-0.25, -0.2) is 9.37 Å². The Bertz CT molecular complexity index is 688. The third-order valence-electron chi connectivity index (χ3n) is 2.77.